The van der Waals surface area contributed by atoms with Crippen molar-refractivity contribution in [3.63, 3.8) is 0 Å². The summed E-state index contributed by atoms with van der Waals surface area (Å²) in [7, 11) is -2.01. The van der Waals surface area contributed by atoms with Gasteiger partial charge in [0, 0.05) is 5.41 Å². The van der Waals surface area contributed by atoms with Crippen LogP contribution in [0.2, 0.25) is 16.6 Å². The summed E-state index contributed by atoms with van der Waals surface area (Å²) in [4.78, 5) is 11.8. The van der Waals surface area contributed by atoms with Crippen molar-refractivity contribution in [2.24, 2.45) is 5.41 Å². The van der Waals surface area contributed by atoms with Crippen LogP contribution in [0.25, 0.3) is 0 Å². The minimum atomic E-state index is -2.01. The topological polar surface area (TPSA) is 26.3 Å². The maximum Gasteiger partial charge on any atom is 0.200 e. The first-order valence-corrected chi connectivity index (χ1v) is 11.9. The highest BCUT2D eigenvalue weighted by molar-refractivity contribution is 6.77. The molecule has 142 valence electrons. The smallest absolute Gasteiger partial charge is 0.200 e. The molecule has 0 saturated heterocycles. The molecule has 0 heterocycles. The Bertz CT molecular complexity index is 498. The number of hydrogen-bond donors (Lipinski definition) is 0. The number of benzene rings is 1. The van der Waals surface area contributed by atoms with Gasteiger partial charge in [0.25, 0.3) is 0 Å². The lowest BCUT2D eigenvalue weighted by Crippen LogP contribution is -2.53. The van der Waals surface area contributed by atoms with Crippen molar-refractivity contribution in [1.82, 2.24) is 0 Å². The third-order valence-corrected chi connectivity index (χ3v) is 11.8. The van der Waals surface area contributed by atoms with E-state index in [1.807, 2.05) is 19.9 Å². The van der Waals surface area contributed by atoms with Crippen molar-refractivity contribution >= 4 is 14.6 Å². The second-order valence-corrected chi connectivity index (χ2v) is 14.3. The van der Waals surface area contributed by atoms with Crippen LogP contribution in [0.1, 0.15) is 67.4 Å². The van der Waals surface area contributed by atoms with E-state index < -0.39 is 13.7 Å². The highest BCUT2D eigenvalue weighted by Gasteiger charge is 2.48. The van der Waals surface area contributed by atoms with Gasteiger partial charge in [-0.05, 0) is 35.0 Å². The number of hydrogen-bond acceptors (Lipinski definition) is 2. The summed E-state index contributed by atoms with van der Waals surface area (Å²) in [5, 5.41) is 0. The van der Waals surface area contributed by atoms with E-state index in [2.05, 4.69) is 65.8 Å². The lowest BCUT2D eigenvalue weighted by molar-refractivity contribution is -0.119. The van der Waals surface area contributed by atoms with Gasteiger partial charge >= 0.3 is 0 Å². The molecule has 1 aromatic rings. The van der Waals surface area contributed by atoms with Crippen molar-refractivity contribution in [3.8, 4) is 0 Å². The molecule has 0 spiro atoms. The zero-order chi connectivity index (χ0) is 19.3. The molecule has 1 aromatic carbocycles. The van der Waals surface area contributed by atoms with Crippen LogP contribution in [0.3, 0.4) is 0 Å². The fourth-order valence-corrected chi connectivity index (χ4v) is 9.99. The molecular formula is C22H38O2Si. The predicted octanol–water partition coefficient (Wildman–Crippen LogP) is 6.41. The Hall–Kier alpha value is -0.933. The standard InChI is InChI=1S/C22H38O2Si/c1-17(2)25(18(3)4,19(5)6)24-21(22(7,8)16-23)15-14-20-12-10-9-11-13-20/h9-13,16-19,21H,14-15H2,1-8H3. The fourth-order valence-electron chi connectivity index (χ4n) is 4.26. The first kappa shape index (κ1) is 22.1. The van der Waals surface area contributed by atoms with Gasteiger partial charge in [-0.15, -0.1) is 0 Å². The normalized spacial score (nSPS) is 14.4. The van der Waals surface area contributed by atoms with E-state index in [-0.39, 0.29) is 6.10 Å². The third kappa shape index (κ3) is 5.27. The molecule has 0 fully saturated rings. The van der Waals surface area contributed by atoms with E-state index in [0.717, 1.165) is 19.1 Å². The van der Waals surface area contributed by atoms with Crippen LogP contribution in [0.15, 0.2) is 30.3 Å². The van der Waals surface area contributed by atoms with E-state index in [1.54, 1.807) is 0 Å². The summed E-state index contributed by atoms with van der Waals surface area (Å²) < 4.78 is 7.01. The molecule has 25 heavy (non-hydrogen) atoms. The molecule has 0 aromatic heterocycles. The molecule has 0 amide bonds. The molecular weight excluding hydrogens is 324 g/mol. The van der Waals surface area contributed by atoms with Gasteiger partial charge < -0.3 is 9.22 Å². The largest absolute Gasteiger partial charge is 0.412 e. The number of carbonyl (C=O) groups is 1. The molecule has 0 aliphatic heterocycles. The summed E-state index contributed by atoms with van der Waals surface area (Å²) in [6.45, 7) is 17.8. The zero-order valence-electron chi connectivity index (χ0n) is 17.5. The van der Waals surface area contributed by atoms with Gasteiger partial charge in [0.15, 0.2) is 0 Å². The number of carbonyl (C=O) groups excluding carboxylic acids is 1. The van der Waals surface area contributed by atoms with Gasteiger partial charge in [-0.1, -0.05) is 85.7 Å². The molecule has 2 nitrogen and oxygen atoms in total. The first-order valence-electron chi connectivity index (χ1n) is 9.76. The Labute approximate surface area is 156 Å². The predicted molar refractivity (Wildman–Crippen MR) is 111 cm³/mol. The van der Waals surface area contributed by atoms with E-state index in [4.69, 9.17) is 4.43 Å². The lowest BCUT2D eigenvalue weighted by atomic mass is 9.85. The van der Waals surface area contributed by atoms with Crippen LogP contribution < -0.4 is 0 Å². The molecule has 1 atom stereocenters. The molecule has 1 rings (SSSR count). The Balaban J connectivity index is 3.12. The van der Waals surface area contributed by atoms with Crippen LogP contribution in [0.4, 0.5) is 0 Å². The fraction of sp³-hybridized carbons (Fsp3) is 0.682. The van der Waals surface area contributed by atoms with E-state index in [1.165, 1.54) is 5.56 Å². The summed E-state index contributed by atoms with van der Waals surface area (Å²) in [6, 6.07) is 10.5. The third-order valence-electron chi connectivity index (χ3n) is 5.73. The molecule has 0 radical (unpaired) electrons. The van der Waals surface area contributed by atoms with Gasteiger partial charge in [-0.2, -0.15) is 0 Å². The van der Waals surface area contributed by atoms with Crippen LogP contribution in [-0.4, -0.2) is 20.7 Å². The maximum absolute atomic E-state index is 11.8. The molecule has 0 N–H and O–H groups in total. The van der Waals surface area contributed by atoms with Gasteiger partial charge in [-0.3, -0.25) is 0 Å². The summed E-state index contributed by atoms with van der Waals surface area (Å²) >= 11 is 0. The minimum Gasteiger partial charge on any atom is -0.412 e. The average molecular weight is 363 g/mol. The second kappa shape index (κ2) is 9.13. The summed E-state index contributed by atoms with van der Waals surface area (Å²) in [5.74, 6) is 0. The maximum atomic E-state index is 11.8. The van der Waals surface area contributed by atoms with Crippen LogP contribution >= 0.6 is 0 Å². The van der Waals surface area contributed by atoms with E-state index >= 15 is 0 Å². The lowest BCUT2D eigenvalue weighted by Gasteiger charge is -2.47. The second-order valence-electron chi connectivity index (χ2n) is 8.89. The monoisotopic (exact) mass is 362 g/mol. The van der Waals surface area contributed by atoms with Crippen molar-refractivity contribution in [1.29, 1.82) is 0 Å². The summed E-state index contributed by atoms with van der Waals surface area (Å²) in [5.41, 5.74) is 2.41. The van der Waals surface area contributed by atoms with Crippen LogP contribution in [-0.2, 0) is 15.6 Å². The molecule has 0 saturated carbocycles. The highest BCUT2D eigenvalue weighted by Crippen LogP contribution is 2.45. The molecule has 0 aliphatic rings. The van der Waals surface area contributed by atoms with Gasteiger partial charge in [0.2, 0.25) is 8.32 Å². The number of aldehydes is 1. The zero-order valence-corrected chi connectivity index (χ0v) is 18.5. The van der Waals surface area contributed by atoms with E-state index in [9.17, 15) is 4.79 Å². The molecule has 0 bridgehead atoms. The molecule has 0 aliphatic carbocycles. The molecule has 1 unspecified atom stereocenters. The Kier molecular flexibility index (Phi) is 8.08. The van der Waals surface area contributed by atoms with Crippen LogP contribution in [0, 0.1) is 5.41 Å². The number of rotatable bonds is 10. The highest BCUT2D eigenvalue weighted by atomic mass is 28.4. The van der Waals surface area contributed by atoms with Crippen molar-refractivity contribution in [2.75, 3.05) is 0 Å². The van der Waals surface area contributed by atoms with Gasteiger partial charge in [0.1, 0.15) is 6.29 Å². The summed E-state index contributed by atoms with van der Waals surface area (Å²) in [6.07, 6.45) is 2.88. The first-order chi connectivity index (χ1) is 11.6. The van der Waals surface area contributed by atoms with Crippen LogP contribution in [0.5, 0.6) is 0 Å². The minimum absolute atomic E-state index is 0.0379. The Morgan fingerprint density at radius 2 is 1.44 bits per heavy atom. The van der Waals surface area contributed by atoms with Gasteiger partial charge in [-0.25, -0.2) is 0 Å². The van der Waals surface area contributed by atoms with E-state index in [0.29, 0.717) is 16.6 Å². The molecule has 3 heteroatoms. The average Bonchev–Trinajstić information content (AvgIpc) is 2.54. The van der Waals surface area contributed by atoms with Crippen molar-refractivity contribution in [3.05, 3.63) is 35.9 Å². The Morgan fingerprint density at radius 1 is 0.960 bits per heavy atom. The quantitative estimate of drug-likeness (QED) is 0.355. The van der Waals surface area contributed by atoms with Gasteiger partial charge in [0.05, 0.1) is 6.10 Å². The van der Waals surface area contributed by atoms with Crippen molar-refractivity contribution < 1.29 is 9.22 Å². The SMILES string of the molecule is CC(C)[Si](OC(CCc1ccccc1)C(C)(C)C=O)(C(C)C)C(C)C. The number of aryl methyl sites for hydroxylation is 1. The van der Waals surface area contributed by atoms with Crippen molar-refractivity contribution in [2.45, 2.75) is 91.0 Å². The Morgan fingerprint density at radius 3 is 1.84 bits per heavy atom.